The molecule has 110 valence electrons. The number of rotatable bonds is 5. The van der Waals surface area contributed by atoms with E-state index in [1.165, 1.54) is 11.0 Å². The van der Waals surface area contributed by atoms with Gasteiger partial charge in [0.15, 0.2) is 0 Å². The lowest BCUT2D eigenvalue weighted by Crippen LogP contribution is -2.41. The topological polar surface area (TPSA) is 40.6 Å². The minimum atomic E-state index is -0.299. The molecule has 0 unspecified atom stereocenters. The highest BCUT2D eigenvalue weighted by molar-refractivity contribution is 6.36. The zero-order valence-electron chi connectivity index (χ0n) is 11.8. The monoisotopic (exact) mass is 316 g/mol. The van der Waals surface area contributed by atoms with Crippen molar-refractivity contribution >= 4 is 35.0 Å². The highest BCUT2D eigenvalue weighted by Crippen LogP contribution is 2.22. The first-order chi connectivity index (χ1) is 9.40. The fraction of sp³-hybridized carbons (Fsp3) is 0.429. The zero-order valence-corrected chi connectivity index (χ0v) is 13.3. The van der Waals surface area contributed by atoms with Gasteiger partial charge in [-0.25, -0.2) is 0 Å². The van der Waals surface area contributed by atoms with Gasteiger partial charge in [-0.1, -0.05) is 23.2 Å². The van der Waals surface area contributed by atoms with E-state index in [4.69, 9.17) is 23.2 Å². The Labute approximate surface area is 129 Å². The summed E-state index contributed by atoms with van der Waals surface area (Å²) in [6.07, 6.45) is 0. The second-order valence-corrected chi connectivity index (χ2v) is 5.20. The van der Waals surface area contributed by atoms with Gasteiger partial charge in [-0.3, -0.25) is 9.59 Å². The van der Waals surface area contributed by atoms with Gasteiger partial charge in [-0.05, 0) is 32.0 Å². The molecule has 0 aliphatic heterocycles. The van der Waals surface area contributed by atoms with E-state index in [0.717, 1.165) is 0 Å². The molecule has 1 rings (SSSR count). The molecule has 1 aromatic rings. The van der Waals surface area contributed by atoms with E-state index in [1.54, 1.807) is 24.1 Å². The van der Waals surface area contributed by atoms with Crippen molar-refractivity contribution in [2.75, 3.05) is 26.7 Å². The van der Waals surface area contributed by atoms with Crippen molar-refractivity contribution in [1.82, 2.24) is 9.80 Å². The van der Waals surface area contributed by atoms with E-state index >= 15 is 0 Å². The molecule has 2 amide bonds. The summed E-state index contributed by atoms with van der Waals surface area (Å²) in [7, 11) is 1.58. The summed E-state index contributed by atoms with van der Waals surface area (Å²) in [5.41, 5.74) is 0.339. The van der Waals surface area contributed by atoms with Crippen LogP contribution in [0, 0.1) is 0 Å². The quantitative estimate of drug-likeness (QED) is 0.838. The van der Waals surface area contributed by atoms with Crippen LogP contribution in [0.25, 0.3) is 0 Å². The molecule has 0 bridgehead atoms. The van der Waals surface area contributed by atoms with Crippen LogP contribution in [0.15, 0.2) is 18.2 Å². The molecule has 20 heavy (non-hydrogen) atoms. The van der Waals surface area contributed by atoms with Crippen LogP contribution in [0.2, 0.25) is 10.0 Å². The lowest BCUT2D eigenvalue weighted by atomic mass is 10.2. The van der Waals surface area contributed by atoms with Crippen molar-refractivity contribution < 1.29 is 9.59 Å². The Morgan fingerprint density at radius 1 is 1.15 bits per heavy atom. The number of nitrogens with zero attached hydrogens (tertiary/aromatic N) is 2. The number of hydrogen-bond acceptors (Lipinski definition) is 2. The fourth-order valence-electron chi connectivity index (χ4n) is 1.82. The Morgan fingerprint density at radius 3 is 2.25 bits per heavy atom. The number of hydrogen-bond donors (Lipinski definition) is 0. The first-order valence-electron chi connectivity index (χ1n) is 6.39. The van der Waals surface area contributed by atoms with Gasteiger partial charge in [0.05, 0.1) is 17.1 Å². The van der Waals surface area contributed by atoms with Crippen LogP contribution in [0.4, 0.5) is 0 Å². The van der Waals surface area contributed by atoms with E-state index < -0.39 is 0 Å². The van der Waals surface area contributed by atoms with Crippen LogP contribution in [0.3, 0.4) is 0 Å². The number of amides is 2. The van der Waals surface area contributed by atoms with Crippen LogP contribution < -0.4 is 0 Å². The van der Waals surface area contributed by atoms with Crippen LogP contribution in [-0.4, -0.2) is 48.3 Å². The number of carbonyl (C=O) groups excluding carboxylic acids is 2. The molecule has 0 aliphatic carbocycles. The van der Waals surface area contributed by atoms with Crippen LogP contribution >= 0.6 is 23.2 Å². The summed E-state index contributed by atoms with van der Waals surface area (Å²) >= 11 is 11.8. The van der Waals surface area contributed by atoms with Crippen molar-refractivity contribution in [2.24, 2.45) is 0 Å². The molecule has 0 saturated heterocycles. The molecule has 0 heterocycles. The predicted molar refractivity (Wildman–Crippen MR) is 81.4 cm³/mol. The molecular weight excluding hydrogens is 299 g/mol. The molecule has 0 atom stereocenters. The largest absolute Gasteiger partial charge is 0.342 e. The summed E-state index contributed by atoms with van der Waals surface area (Å²) in [6.45, 7) is 5.08. The van der Waals surface area contributed by atoms with Crippen molar-refractivity contribution in [2.45, 2.75) is 13.8 Å². The van der Waals surface area contributed by atoms with E-state index in [9.17, 15) is 9.59 Å². The SMILES string of the molecule is CCN(CC)C(=O)CN(C)C(=O)c1ccc(Cl)cc1Cl. The predicted octanol–water partition coefficient (Wildman–Crippen LogP) is 2.93. The number of halogens is 2. The van der Waals surface area contributed by atoms with Gasteiger partial charge >= 0.3 is 0 Å². The molecule has 4 nitrogen and oxygen atoms in total. The van der Waals surface area contributed by atoms with Gasteiger partial charge in [0.1, 0.15) is 0 Å². The molecule has 0 fully saturated rings. The van der Waals surface area contributed by atoms with E-state index in [2.05, 4.69) is 0 Å². The first-order valence-corrected chi connectivity index (χ1v) is 7.14. The maximum atomic E-state index is 12.2. The third kappa shape index (κ3) is 4.12. The van der Waals surface area contributed by atoms with Gasteiger partial charge in [0.25, 0.3) is 5.91 Å². The van der Waals surface area contributed by atoms with E-state index in [1.807, 2.05) is 13.8 Å². The third-order valence-electron chi connectivity index (χ3n) is 3.00. The zero-order chi connectivity index (χ0) is 15.3. The summed E-state index contributed by atoms with van der Waals surface area (Å²) in [4.78, 5) is 27.2. The van der Waals surface area contributed by atoms with Gasteiger partial charge in [0, 0.05) is 25.2 Å². The maximum absolute atomic E-state index is 12.2. The molecule has 0 saturated carbocycles. The third-order valence-corrected chi connectivity index (χ3v) is 3.54. The van der Waals surface area contributed by atoms with Gasteiger partial charge < -0.3 is 9.80 Å². The van der Waals surface area contributed by atoms with Crippen molar-refractivity contribution in [3.05, 3.63) is 33.8 Å². The average molecular weight is 317 g/mol. The number of carbonyl (C=O) groups is 2. The molecule has 0 N–H and O–H groups in total. The van der Waals surface area contributed by atoms with Crippen LogP contribution in [0.1, 0.15) is 24.2 Å². The smallest absolute Gasteiger partial charge is 0.255 e. The minimum absolute atomic E-state index is 0.0273. The molecule has 1 aromatic carbocycles. The Bertz CT molecular complexity index is 502. The molecule has 0 aromatic heterocycles. The van der Waals surface area contributed by atoms with Crippen LogP contribution in [-0.2, 0) is 4.79 Å². The highest BCUT2D eigenvalue weighted by Gasteiger charge is 2.19. The number of benzene rings is 1. The first kappa shape index (κ1) is 16.8. The average Bonchev–Trinajstić information content (AvgIpc) is 2.39. The molecule has 6 heteroatoms. The van der Waals surface area contributed by atoms with Gasteiger partial charge in [-0.15, -0.1) is 0 Å². The van der Waals surface area contributed by atoms with E-state index in [0.29, 0.717) is 23.7 Å². The Hall–Kier alpha value is -1.26. The van der Waals surface area contributed by atoms with Gasteiger partial charge in [0.2, 0.25) is 5.91 Å². The molecular formula is C14H18Cl2N2O2. The lowest BCUT2D eigenvalue weighted by molar-refractivity contribution is -0.131. The Balaban J connectivity index is 2.79. The molecule has 0 radical (unpaired) electrons. The van der Waals surface area contributed by atoms with E-state index in [-0.39, 0.29) is 23.4 Å². The maximum Gasteiger partial charge on any atom is 0.255 e. The minimum Gasteiger partial charge on any atom is -0.342 e. The normalized spacial score (nSPS) is 10.2. The van der Waals surface area contributed by atoms with Gasteiger partial charge in [-0.2, -0.15) is 0 Å². The summed E-state index contributed by atoms with van der Waals surface area (Å²) < 4.78 is 0. The second-order valence-electron chi connectivity index (χ2n) is 4.35. The Morgan fingerprint density at radius 2 is 1.75 bits per heavy atom. The molecule has 0 spiro atoms. The summed E-state index contributed by atoms with van der Waals surface area (Å²) in [6, 6.07) is 4.67. The number of likely N-dealkylation sites (N-methyl/N-ethyl adjacent to an activating group) is 2. The molecule has 0 aliphatic rings. The van der Waals surface area contributed by atoms with Crippen molar-refractivity contribution in [3.63, 3.8) is 0 Å². The lowest BCUT2D eigenvalue weighted by Gasteiger charge is -2.23. The van der Waals surface area contributed by atoms with Crippen molar-refractivity contribution in [3.8, 4) is 0 Å². The fourth-order valence-corrected chi connectivity index (χ4v) is 2.31. The Kier molecular flexibility index (Phi) is 6.30. The van der Waals surface area contributed by atoms with Crippen LogP contribution in [0.5, 0.6) is 0 Å². The highest BCUT2D eigenvalue weighted by atomic mass is 35.5. The standard InChI is InChI=1S/C14H18Cl2N2O2/c1-4-18(5-2)13(19)9-17(3)14(20)11-7-6-10(15)8-12(11)16/h6-8H,4-5,9H2,1-3H3. The summed E-state index contributed by atoms with van der Waals surface area (Å²) in [5.74, 6) is -0.386. The summed E-state index contributed by atoms with van der Waals surface area (Å²) in [5, 5.41) is 0.748. The van der Waals surface area contributed by atoms with Crippen molar-refractivity contribution in [1.29, 1.82) is 0 Å². The second kappa shape index (κ2) is 7.50.